The molecule has 1 rings (SSSR count). The van der Waals surface area contributed by atoms with E-state index < -0.39 is 49.5 Å². The van der Waals surface area contributed by atoms with E-state index in [1.165, 1.54) is 135 Å². The first-order valence-corrected chi connectivity index (χ1v) is 29.0. The molecule has 9 nitrogen and oxygen atoms in total. The van der Waals surface area contributed by atoms with E-state index in [0.29, 0.717) is 6.42 Å². The zero-order valence-electron chi connectivity index (χ0n) is 45.2. The topological polar surface area (TPSA) is 149 Å². The van der Waals surface area contributed by atoms with Crippen LogP contribution in [0, 0.1) is 0 Å². The van der Waals surface area contributed by atoms with E-state index in [9.17, 15) is 30.3 Å². The SMILES string of the molecule is CC/C=C\C/C=C\C/C=C\C/C=C\C/C=C\C/C=C\C/C=C\CCCC(=O)NC(COC1OC(CO)C(O)C(O)C1O)C(O)/C=C/CCCCCCCCCCCCCCCCCCCCCCCCC. The average molecular weight is 995 g/mol. The fraction of sp³-hybridized carbons (Fsp3) is 0.726. The molecular formula is C62H107NO8. The van der Waals surface area contributed by atoms with Crippen LogP contribution in [0.4, 0.5) is 0 Å². The summed E-state index contributed by atoms with van der Waals surface area (Å²) in [6, 6.07) is -0.843. The molecule has 1 fully saturated rings. The highest BCUT2D eigenvalue weighted by Gasteiger charge is 2.44. The van der Waals surface area contributed by atoms with Gasteiger partial charge in [0.15, 0.2) is 6.29 Å². The fourth-order valence-electron chi connectivity index (χ4n) is 8.62. The molecule has 1 aliphatic heterocycles. The first kappa shape index (κ1) is 66.1. The quantitative estimate of drug-likeness (QED) is 0.0261. The largest absolute Gasteiger partial charge is 0.394 e. The third kappa shape index (κ3) is 40.2. The van der Waals surface area contributed by atoms with E-state index in [1.54, 1.807) is 6.08 Å². The maximum Gasteiger partial charge on any atom is 0.220 e. The molecule has 408 valence electrons. The van der Waals surface area contributed by atoms with Gasteiger partial charge in [-0.2, -0.15) is 0 Å². The second-order valence-corrected chi connectivity index (χ2v) is 19.7. The monoisotopic (exact) mass is 994 g/mol. The number of aliphatic hydroxyl groups excluding tert-OH is 5. The van der Waals surface area contributed by atoms with Crippen molar-refractivity contribution in [1.82, 2.24) is 5.32 Å². The van der Waals surface area contributed by atoms with Crippen LogP contribution >= 0.6 is 0 Å². The molecule has 0 aromatic carbocycles. The smallest absolute Gasteiger partial charge is 0.220 e. The number of amides is 1. The zero-order valence-corrected chi connectivity index (χ0v) is 45.2. The Morgan fingerprint density at radius 1 is 0.493 bits per heavy atom. The van der Waals surface area contributed by atoms with Gasteiger partial charge in [-0.15, -0.1) is 0 Å². The third-order valence-electron chi connectivity index (χ3n) is 13.2. The van der Waals surface area contributed by atoms with Gasteiger partial charge in [-0.25, -0.2) is 0 Å². The predicted molar refractivity (Wildman–Crippen MR) is 299 cm³/mol. The van der Waals surface area contributed by atoms with E-state index in [0.717, 1.165) is 70.6 Å². The fourth-order valence-corrected chi connectivity index (χ4v) is 8.62. The molecule has 0 aromatic heterocycles. The van der Waals surface area contributed by atoms with Crippen LogP contribution in [0.5, 0.6) is 0 Å². The highest BCUT2D eigenvalue weighted by Crippen LogP contribution is 2.23. The summed E-state index contributed by atoms with van der Waals surface area (Å²) in [6.45, 7) is 3.64. The molecule has 1 heterocycles. The van der Waals surface area contributed by atoms with Gasteiger partial charge in [-0.1, -0.05) is 252 Å². The van der Waals surface area contributed by atoms with Crippen molar-refractivity contribution in [3.63, 3.8) is 0 Å². The number of ether oxygens (including phenoxy) is 2. The molecule has 71 heavy (non-hydrogen) atoms. The predicted octanol–water partition coefficient (Wildman–Crippen LogP) is 14.4. The van der Waals surface area contributed by atoms with Crippen molar-refractivity contribution in [3.05, 3.63) is 97.2 Å². The zero-order chi connectivity index (χ0) is 51.5. The van der Waals surface area contributed by atoms with Crippen molar-refractivity contribution < 1.29 is 39.8 Å². The van der Waals surface area contributed by atoms with Gasteiger partial charge >= 0.3 is 0 Å². The summed E-state index contributed by atoms with van der Waals surface area (Å²) in [7, 11) is 0. The highest BCUT2D eigenvalue weighted by atomic mass is 16.7. The minimum Gasteiger partial charge on any atom is -0.394 e. The minimum absolute atomic E-state index is 0.217. The molecule has 7 atom stereocenters. The van der Waals surface area contributed by atoms with E-state index >= 15 is 0 Å². The Morgan fingerprint density at radius 2 is 0.873 bits per heavy atom. The van der Waals surface area contributed by atoms with Crippen LogP contribution in [-0.2, 0) is 14.3 Å². The molecule has 9 heteroatoms. The van der Waals surface area contributed by atoms with Crippen LogP contribution in [0.1, 0.15) is 232 Å². The van der Waals surface area contributed by atoms with Crippen LogP contribution in [0.2, 0.25) is 0 Å². The minimum atomic E-state index is -1.58. The summed E-state index contributed by atoms with van der Waals surface area (Å²) in [6.07, 6.45) is 66.2. The maximum absolute atomic E-state index is 13.0. The van der Waals surface area contributed by atoms with Gasteiger partial charge in [0.2, 0.25) is 5.91 Å². The molecule has 0 radical (unpaired) electrons. The molecule has 7 unspecified atom stereocenters. The van der Waals surface area contributed by atoms with E-state index in [1.807, 2.05) is 6.08 Å². The van der Waals surface area contributed by atoms with Crippen molar-refractivity contribution in [2.75, 3.05) is 13.2 Å². The molecule has 0 spiro atoms. The van der Waals surface area contributed by atoms with E-state index in [2.05, 4.69) is 104 Å². The lowest BCUT2D eigenvalue weighted by atomic mass is 9.99. The van der Waals surface area contributed by atoms with Crippen LogP contribution in [0.15, 0.2) is 97.2 Å². The van der Waals surface area contributed by atoms with Gasteiger partial charge in [0, 0.05) is 6.42 Å². The summed E-state index contributed by atoms with van der Waals surface area (Å²) in [5.41, 5.74) is 0. The third-order valence-corrected chi connectivity index (χ3v) is 13.2. The van der Waals surface area contributed by atoms with Gasteiger partial charge < -0.3 is 40.3 Å². The lowest BCUT2D eigenvalue weighted by molar-refractivity contribution is -0.302. The summed E-state index contributed by atoms with van der Waals surface area (Å²) in [4.78, 5) is 13.0. The van der Waals surface area contributed by atoms with Crippen LogP contribution < -0.4 is 5.32 Å². The summed E-state index contributed by atoms with van der Waals surface area (Å²) in [5.74, 6) is -0.236. The van der Waals surface area contributed by atoms with Gasteiger partial charge in [0.1, 0.15) is 24.4 Å². The average Bonchev–Trinajstić information content (AvgIpc) is 3.37. The molecule has 6 N–H and O–H groups in total. The van der Waals surface area contributed by atoms with Gasteiger partial charge in [-0.3, -0.25) is 4.79 Å². The molecular weight excluding hydrogens is 887 g/mol. The van der Waals surface area contributed by atoms with Gasteiger partial charge in [0.05, 0.1) is 25.4 Å². The maximum atomic E-state index is 13.0. The lowest BCUT2D eigenvalue weighted by Crippen LogP contribution is -2.60. The van der Waals surface area contributed by atoms with Crippen molar-refractivity contribution >= 4 is 5.91 Å². The number of rotatable bonds is 48. The molecule has 0 aromatic rings. The summed E-state index contributed by atoms with van der Waals surface area (Å²) in [5, 5.41) is 54.5. The Balaban J connectivity index is 2.29. The van der Waals surface area contributed by atoms with Crippen molar-refractivity contribution in [2.24, 2.45) is 0 Å². The van der Waals surface area contributed by atoms with Crippen molar-refractivity contribution in [1.29, 1.82) is 0 Å². The van der Waals surface area contributed by atoms with Crippen LogP contribution in [-0.4, -0.2) is 87.5 Å². The summed E-state index contributed by atoms with van der Waals surface area (Å²) >= 11 is 0. The number of carbonyl (C=O) groups excluding carboxylic acids is 1. The summed E-state index contributed by atoms with van der Waals surface area (Å²) < 4.78 is 11.2. The standard InChI is InChI=1S/C62H107NO8/c1-3-5-7-9-11-13-15-17-19-21-23-25-27-28-30-31-33-35-37-39-41-43-45-47-49-51-56(65)55(54-70-62-61(69)60(68)59(67)57(53-64)71-62)63-58(66)52-50-48-46-44-42-40-38-36-34-32-29-26-24-22-20-18-16-14-12-10-8-6-4-2/h6,8,12,14,18,20,24,26,32,34,38,40,44,46,49,51,55-57,59-62,64-65,67-69H,3-5,7,9-11,13,15-17,19,21-23,25,27-31,33,35-37,39,41-43,45,47-48,50,52-54H2,1-2H3,(H,63,66)/b8-6-,14-12-,20-18-,26-24-,34-32-,40-38-,46-44-,51-49+. The van der Waals surface area contributed by atoms with Crippen molar-refractivity contribution in [3.8, 4) is 0 Å². The number of hydrogen-bond acceptors (Lipinski definition) is 8. The number of carbonyl (C=O) groups is 1. The van der Waals surface area contributed by atoms with E-state index in [-0.39, 0.29) is 18.9 Å². The normalized spacial score (nSPS) is 20.0. The van der Waals surface area contributed by atoms with Crippen molar-refractivity contribution in [2.45, 2.75) is 275 Å². The Bertz CT molecular complexity index is 1430. The molecule has 0 saturated carbocycles. The number of aliphatic hydroxyl groups is 5. The lowest BCUT2D eigenvalue weighted by Gasteiger charge is -2.40. The Labute approximate surface area is 434 Å². The van der Waals surface area contributed by atoms with E-state index in [4.69, 9.17) is 9.47 Å². The van der Waals surface area contributed by atoms with Gasteiger partial charge in [0.25, 0.3) is 0 Å². The Kier molecular flexibility index (Phi) is 47.2. The first-order chi connectivity index (χ1) is 34.8. The molecule has 1 amide bonds. The molecule has 1 saturated heterocycles. The second-order valence-electron chi connectivity index (χ2n) is 19.7. The second kappa shape index (κ2) is 50.6. The Morgan fingerprint density at radius 3 is 1.28 bits per heavy atom. The highest BCUT2D eigenvalue weighted by molar-refractivity contribution is 5.76. The Hall–Kier alpha value is -2.89. The number of hydrogen-bond donors (Lipinski definition) is 6. The number of unbranched alkanes of at least 4 members (excludes halogenated alkanes) is 24. The molecule has 0 aliphatic carbocycles. The first-order valence-electron chi connectivity index (χ1n) is 29.0. The van der Waals surface area contributed by atoms with Gasteiger partial charge in [-0.05, 0) is 70.6 Å². The van der Waals surface area contributed by atoms with Crippen LogP contribution in [0.3, 0.4) is 0 Å². The molecule has 1 aliphatic rings. The van der Waals surface area contributed by atoms with Crippen LogP contribution in [0.25, 0.3) is 0 Å². The number of nitrogens with one attached hydrogen (secondary N) is 1. The number of allylic oxidation sites excluding steroid dienone is 15. The molecule has 0 bridgehead atoms.